The van der Waals surface area contributed by atoms with Crippen molar-refractivity contribution >= 4 is 28.1 Å². The third-order valence-electron chi connectivity index (χ3n) is 3.98. The quantitative estimate of drug-likeness (QED) is 0.651. The Morgan fingerprint density at radius 1 is 1.23 bits per heavy atom. The fourth-order valence-electron chi connectivity index (χ4n) is 2.82. The highest BCUT2D eigenvalue weighted by molar-refractivity contribution is 7.19. The Morgan fingerprint density at radius 3 is 2.46 bits per heavy atom. The first-order valence-electron chi connectivity index (χ1n) is 8.75. The maximum Gasteiger partial charge on any atom is 0.350 e. The number of aromatic nitrogens is 2. The first kappa shape index (κ1) is 18.5. The molecule has 0 unspecified atom stereocenters. The molecule has 0 aliphatic carbocycles. The van der Waals surface area contributed by atoms with Crippen molar-refractivity contribution < 1.29 is 9.53 Å². The van der Waals surface area contributed by atoms with E-state index in [0.717, 1.165) is 27.7 Å². The smallest absolute Gasteiger partial charge is 0.350 e. The number of anilines is 1. The molecule has 0 radical (unpaired) electrons. The van der Waals surface area contributed by atoms with Gasteiger partial charge < -0.3 is 10.1 Å². The Kier molecular flexibility index (Phi) is 4.80. The average Bonchev–Trinajstić information content (AvgIpc) is 3.05. The minimum Gasteiger partial charge on any atom is -0.462 e. The van der Waals surface area contributed by atoms with Crippen LogP contribution in [0.2, 0.25) is 0 Å². The first-order chi connectivity index (χ1) is 12.2. The number of hydrogen-bond acceptors (Lipinski definition) is 5. The number of fused-ring (bicyclic) bond motifs is 1. The summed E-state index contributed by atoms with van der Waals surface area (Å²) >= 11 is 1.37. The Balaban J connectivity index is 2.21. The van der Waals surface area contributed by atoms with E-state index in [0.29, 0.717) is 11.5 Å². The molecule has 6 heteroatoms. The highest BCUT2D eigenvalue weighted by Crippen LogP contribution is 2.36. The molecule has 0 spiro atoms. The summed E-state index contributed by atoms with van der Waals surface area (Å²) in [6.07, 6.45) is 0. The van der Waals surface area contributed by atoms with Gasteiger partial charge >= 0.3 is 5.97 Å². The summed E-state index contributed by atoms with van der Waals surface area (Å²) in [4.78, 5) is 18.5. The van der Waals surface area contributed by atoms with Crippen LogP contribution in [-0.2, 0) is 4.74 Å². The summed E-state index contributed by atoms with van der Waals surface area (Å²) in [5.74, 6) is 0.611. The van der Waals surface area contributed by atoms with Gasteiger partial charge in [0, 0.05) is 16.8 Å². The molecular weight excluding hydrogens is 346 g/mol. The standard InChI is InChI=1S/C20H25N3O2S/c1-7-25-18(24)16-13(3)23-17(22-20(4,5)6)15(21-19(23)26-16)14-10-8-12(2)9-11-14/h8-11,22H,7H2,1-6H3. The van der Waals surface area contributed by atoms with Gasteiger partial charge in [-0.25, -0.2) is 9.78 Å². The molecule has 1 aromatic carbocycles. The Bertz CT molecular complexity index is 946. The van der Waals surface area contributed by atoms with Crippen molar-refractivity contribution in [2.75, 3.05) is 11.9 Å². The molecule has 2 aromatic heterocycles. The van der Waals surface area contributed by atoms with Crippen LogP contribution in [0.1, 0.15) is 48.6 Å². The maximum atomic E-state index is 12.2. The van der Waals surface area contributed by atoms with Gasteiger partial charge in [-0.05, 0) is 41.5 Å². The number of thiazole rings is 1. The molecule has 138 valence electrons. The fourth-order valence-corrected chi connectivity index (χ4v) is 3.84. The predicted octanol–water partition coefficient (Wildman–Crippen LogP) is 5.07. The lowest BCUT2D eigenvalue weighted by Crippen LogP contribution is -2.27. The van der Waals surface area contributed by atoms with Crippen LogP contribution in [0, 0.1) is 13.8 Å². The minimum atomic E-state index is -0.293. The molecule has 2 heterocycles. The number of rotatable bonds is 4. The van der Waals surface area contributed by atoms with Gasteiger partial charge in [0.15, 0.2) is 4.96 Å². The Hall–Kier alpha value is -2.34. The van der Waals surface area contributed by atoms with Crippen molar-refractivity contribution in [3.8, 4) is 11.3 Å². The average molecular weight is 372 g/mol. The number of esters is 1. The fraction of sp³-hybridized carbons (Fsp3) is 0.400. The topological polar surface area (TPSA) is 55.6 Å². The molecule has 0 aliphatic heterocycles. The van der Waals surface area contributed by atoms with E-state index in [1.807, 2.05) is 18.2 Å². The van der Waals surface area contributed by atoms with Crippen LogP contribution in [0.5, 0.6) is 0 Å². The van der Waals surface area contributed by atoms with E-state index in [1.54, 1.807) is 0 Å². The van der Waals surface area contributed by atoms with Gasteiger partial charge in [0.1, 0.15) is 16.4 Å². The zero-order valence-electron chi connectivity index (χ0n) is 16.1. The Labute approximate surface area is 158 Å². The number of imidazole rings is 1. The molecule has 0 aliphatic rings. The van der Waals surface area contributed by atoms with Crippen LogP contribution >= 0.6 is 11.3 Å². The molecule has 0 saturated carbocycles. The monoisotopic (exact) mass is 371 g/mol. The van der Waals surface area contributed by atoms with E-state index >= 15 is 0 Å². The first-order valence-corrected chi connectivity index (χ1v) is 9.57. The molecule has 3 rings (SSSR count). The van der Waals surface area contributed by atoms with Crippen molar-refractivity contribution in [1.82, 2.24) is 9.38 Å². The van der Waals surface area contributed by atoms with E-state index in [2.05, 4.69) is 57.3 Å². The van der Waals surface area contributed by atoms with E-state index in [9.17, 15) is 4.79 Å². The van der Waals surface area contributed by atoms with E-state index < -0.39 is 0 Å². The third-order valence-corrected chi connectivity index (χ3v) is 5.11. The molecule has 5 nitrogen and oxygen atoms in total. The number of ether oxygens (including phenoxy) is 1. The summed E-state index contributed by atoms with van der Waals surface area (Å²) in [5, 5.41) is 3.57. The van der Waals surface area contributed by atoms with Crippen LogP contribution < -0.4 is 5.32 Å². The van der Waals surface area contributed by atoms with Crippen LogP contribution in [0.15, 0.2) is 24.3 Å². The van der Waals surface area contributed by atoms with Crippen molar-refractivity contribution in [3.05, 3.63) is 40.4 Å². The number of nitrogens with zero attached hydrogens (tertiary/aromatic N) is 2. The van der Waals surface area contributed by atoms with Gasteiger partial charge in [0.05, 0.1) is 6.61 Å². The highest BCUT2D eigenvalue weighted by atomic mass is 32.1. The van der Waals surface area contributed by atoms with Gasteiger partial charge in [0.25, 0.3) is 0 Å². The summed E-state index contributed by atoms with van der Waals surface area (Å²) in [5.41, 5.74) is 3.86. The highest BCUT2D eigenvalue weighted by Gasteiger charge is 2.25. The van der Waals surface area contributed by atoms with Gasteiger partial charge in [0.2, 0.25) is 0 Å². The third kappa shape index (κ3) is 3.46. The molecule has 0 atom stereocenters. The zero-order valence-corrected chi connectivity index (χ0v) is 17.0. The van der Waals surface area contributed by atoms with Gasteiger partial charge in [-0.1, -0.05) is 41.2 Å². The normalized spacial score (nSPS) is 11.8. The SMILES string of the molecule is CCOC(=O)c1sc2nc(-c3ccc(C)cc3)c(NC(C)(C)C)n2c1C. The zero-order chi connectivity index (χ0) is 19.1. The van der Waals surface area contributed by atoms with E-state index in [-0.39, 0.29) is 11.5 Å². The van der Waals surface area contributed by atoms with Crippen molar-refractivity contribution in [3.63, 3.8) is 0 Å². The minimum absolute atomic E-state index is 0.145. The predicted molar refractivity (Wildman–Crippen MR) is 107 cm³/mol. The number of aryl methyl sites for hydroxylation is 2. The summed E-state index contributed by atoms with van der Waals surface area (Å²) < 4.78 is 7.21. The summed E-state index contributed by atoms with van der Waals surface area (Å²) in [7, 11) is 0. The lowest BCUT2D eigenvalue weighted by Gasteiger charge is -2.22. The second-order valence-electron chi connectivity index (χ2n) is 7.41. The molecule has 1 N–H and O–H groups in total. The molecule has 0 amide bonds. The van der Waals surface area contributed by atoms with Gasteiger partial charge in [-0.15, -0.1) is 0 Å². The number of nitrogens with one attached hydrogen (secondary N) is 1. The van der Waals surface area contributed by atoms with Crippen LogP contribution in [0.3, 0.4) is 0 Å². The lowest BCUT2D eigenvalue weighted by atomic mass is 10.1. The second kappa shape index (κ2) is 6.76. The maximum absolute atomic E-state index is 12.2. The van der Waals surface area contributed by atoms with Crippen molar-refractivity contribution in [2.45, 2.75) is 47.1 Å². The largest absolute Gasteiger partial charge is 0.462 e. The molecule has 3 aromatic rings. The summed E-state index contributed by atoms with van der Waals surface area (Å²) in [6.45, 7) is 12.5. The van der Waals surface area contributed by atoms with Crippen LogP contribution in [0.25, 0.3) is 16.2 Å². The molecule has 0 saturated heterocycles. The molecule has 26 heavy (non-hydrogen) atoms. The van der Waals surface area contributed by atoms with Crippen LogP contribution in [0.4, 0.5) is 5.82 Å². The molecular formula is C20H25N3O2S. The number of hydrogen-bond donors (Lipinski definition) is 1. The van der Waals surface area contributed by atoms with Crippen molar-refractivity contribution in [2.24, 2.45) is 0 Å². The number of carbonyl (C=O) groups is 1. The lowest BCUT2D eigenvalue weighted by molar-refractivity contribution is 0.0531. The van der Waals surface area contributed by atoms with E-state index in [1.165, 1.54) is 16.9 Å². The second-order valence-corrected chi connectivity index (χ2v) is 8.38. The summed E-state index contributed by atoms with van der Waals surface area (Å²) in [6, 6.07) is 8.33. The van der Waals surface area contributed by atoms with Gasteiger partial charge in [-0.3, -0.25) is 4.40 Å². The van der Waals surface area contributed by atoms with Crippen molar-refractivity contribution in [1.29, 1.82) is 0 Å². The number of benzene rings is 1. The Morgan fingerprint density at radius 2 is 1.88 bits per heavy atom. The molecule has 0 bridgehead atoms. The number of carbonyl (C=O) groups excluding carboxylic acids is 1. The van der Waals surface area contributed by atoms with E-state index in [4.69, 9.17) is 9.72 Å². The van der Waals surface area contributed by atoms with Gasteiger partial charge in [-0.2, -0.15) is 0 Å². The molecule has 0 fully saturated rings. The van der Waals surface area contributed by atoms with Crippen LogP contribution in [-0.4, -0.2) is 27.5 Å².